The first kappa shape index (κ1) is 10.1. The molecule has 0 aliphatic heterocycles. The van der Waals surface area contributed by atoms with Gasteiger partial charge in [0.15, 0.2) is 0 Å². The Morgan fingerprint density at radius 3 is 2.38 bits per heavy atom. The van der Waals surface area contributed by atoms with E-state index in [1.54, 1.807) is 14.0 Å². The SMILES string of the molecule is COc1c(C)ccc(C(C)O)c1C. The minimum Gasteiger partial charge on any atom is -0.496 e. The van der Waals surface area contributed by atoms with Gasteiger partial charge in [0.2, 0.25) is 0 Å². The van der Waals surface area contributed by atoms with Crippen LogP contribution in [0.1, 0.15) is 29.7 Å². The van der Waals surface area contributed by atoms with Crippen LogP contribution in [0.3, 0.4) is 0 Å². The van der Waals surface area contributed by atoms with Crippen molar-refractivity contribution in [2.45, 2.75) is 26.9 Å². The Hall–Kier alpha value is -1.02. The molecular weight excluding hydrogens is 164 g/mol. The monoisotopic (exact) mass is 180 g/mol. The number of ether oxygens (including phenoxy) is 1. The minimum atomic E-state index is -0.436. The largest absolute Gasteiger partial charge is 0.496 e. The maximum Gasteiger partial charge on any atom is 0.125 e. The van der Waals surface area contributed by atoms with Crippen molar-refractivity contribution in [1.29, 1.82) is 0 Å². The third kappa shape index (κ3) is 1.83. The second kappa shape index (κ2) is 3.79. The molecule has 1 unspecified atom stereocenters. The van der Waals surface area contributed by atoms with Crippen LogP contribution in [0.2, 0.25) is 0 Å². The maximum atomic E-state index is 9.46. The molecule has 1 aromatic carbocycles. The van der Waals surface area contributed by atoms with E-state index in [1.165, 1.54) is 0 Å². The number of aryl methyl sites for hydroxylation is 1. The number of methoxy groups -OCH3 is 1. The van der Waals surface area contributed by atoms with E-state index in [0.717, 1.165) is 22.4 Å². The Bertz CT molecular complexity index is 303. The minimum absolute atomic E-state index is 0.436. The van der Waals surface area contributed by atoms with Crippen molar-refractivity contribution in [3.8, 4) is 5.75 Å². The molecule has 0 fully saturated rings. The highest BCUT2D eigenvalue weighted by molar-refractivity contribution is 5.45. The molecule has 0 saturated carbocycles. The summed E-state index contributed by atoms with van der Waals surface area (Å²) in [6.07, 6.45) is -0.436. The van der Waals surface area contributed by atoms with Crippen LogP contribution >= 0.6 is 0 Å². The molecule has 2 heteroatoms. The summed E-state index contributed by atoms with van der Waals surface area (Å²) in [6, 6.07) is 3.91. The summed E-state index contributed by atoms with van der Waals surface area (Å²) in [7, 11) is 1.65. The number of aliphatic hydroxyl groups is 1. The van der Waals surface area contributed by atoms with Gasteiger partial charge >= 0.3 is 0 Å². The van der Waals surface area contributed by atoms with Crippen molar-refractivity contribution in [2.24, 2.45) is 0 Å². The van der Waals surface area contributed by atoms with Crippen LogP contribution in [0.5, 0.6) is 5.75 Å². The lowest BCUT2D eigenvalue weighted by atomic mass is 10.0. The number of aliphatic hydroxyl groups excluding tert-OH is 1. The number of rotatable bonds is 2. The highest BCUT2D eigenvalue weighted by Gasteiger charge is 2.10. The van der Waals surface area contributed by atoms with Crippen molar-refractivity contribution in [3.05, 3.63) is 28.8 Å². The predicted octanol–water partition coefficient (Wildman–Crippen LogP) is 2.37. The second-order valence-electron chi connectivity index (χ2n) is 3.31. The van der Waals surface area contributed by atoms with Gasteiger partial charge in [-0.1, -0.05) is 12.1 Å². The van der Waals surface area contributed by atoms with E-state index in [2.05, 4.69) is 0 Å². The summed E-state index contributed by atoms with van der Waals surface area (Å²) in [5, 5.41) is 9.46. The van der Waals surface area contributed by atoms with Crippen molar-refractivity contribution in [2.75, 3.05) is 7.11 Å². The molecule has 1 rings (SSSR count). The summed E-state index contributed by atoms with van der Waals surface area (Å²) in [5.41, 5.74) is 3.06. The van der Waals surface area contributed by atoms with Gasteiger partial charge in [0, 0.05) is 0 Å². The first-order valence-electron chi connectivity index (χ1n) is 4.40. The number of hydrogen-bond acceptors (Lipinski definition) is 2. The molecule has 13 heavy (non-hydrogen) atoms. The zero-order chi connectivity index (χ0) is 10.0. The Balaban J connectivity index is 3.27. The summed E-state index contributed by atoms with van der Waals surface area (Å²) < 4.78 is 5.26. The maximum absolute atomic E-state index is 9.46. The van der Waals surface area contributed by atoms with Gasteiger partial charge < -0.3 is 9.84 Å². The molecule has 0 saturated heterocycles. The van der Waals surface area contributed by atoms with Crippen LogP contribution in [0.4, 0.5) is 0 Å². The first-order valence-corrected chi connectivity index (χ1v) is 4.40. The lowest BCUT2D eigenvalue weighted by Gasteiger charge is -2.14. The lowest BCUT2D eigenvalue weighted by molar-refractivity contribution is 0.198. The smallest absolute Gasteiger partial charge is 0.125 e. The highest BCUT2D eigenvalue weighted by atomic mass is 16.5. The van der Waals surface area contributed by atoms with Crippen molar-refractivity contribution in [3.63, 3.8) is 0 Å². The van der Waals surface area contributed by atoms with E-state index in [4.69, 9.17) is 4.74 Å². The summed E-state index contributed by atoms with van der Waals surface area (Å²) in [5.74, 6) is 0.874. The molecule has 1 aromatic rings. The van der Waals surface area contributed by atoms with Crippen LogP contribution in [0, 0.1) is 13.8 Å². The van der Waals surface area contributed by atoms with Gasteiger partial charge in [0.1, 0.15) is 5.75 Å². The molecule has 0 aromatic heterocycles. The molecule has 0 bridgehead atoms. The predicted molar refractivity (Wildman–Crippen MR) is 53.1 cm³/mol. The molecule has 0 aliphatic carbocycles. The normalized spacial score (nSPS) is 12.7. The molecule has 0 radical (unpaired) electrons. The van der Waals surface area contributed by atoms with E-state index in [-0.39, 0.29) is 0 Å². The zero-order valence-corrected chi connectivity index (χ0v) is 8.59. The number of hydrogen-bond donors (Lipinski definition) is 1. The first-order chi connectivity index (χ1) is 6.07. The van der Waals surface area contributed by atoms with Gasteiger partial charge in [-0.05, 0) is 37.5 Å². The van der Waals surface area contributed by atoms with Crippen molar-refractivity contribution < 1.29 is 9.84 Å². The van der Waals surface area contributed by atoms with E-state index < -0.39 is 6.10 Å². The van der Waals surface area contributed by atoms with Crippen LogP contribution in [0.15, 0.2) is 12.1 Å². The summed E-state index contributed by atoms with van der Waals surface area (Å²) in [4.78, 5) is 0. The molecule has 0 heterocycles. The van der Waals surface area contributed by atoms with Crippen molar-refractivity contribution in [1.82, 2.24) is 0 Å². The van der Waals surface area contributed by atoms with E-state index >= 15 is 0 Å². The Kier molecular flexibility index (Phi) is 2.94. The number of benzene rings is 1. The average Bonchev–Trinajstić information content (AvgIpc) is 2.04. The van der Waals surface area contributed by atoms with E-state index in [0.29, 0.717) is 0 Å². The Morgan fingerprint density at radius 2 is 1.92 bits per heavy atom. The van der Waals surface area contributed by atoms with Crippen LogP contribution < -0.4 is 4.74 Å². The van der Waals surface area contributed by atoms with E-state index in [1.807, 2.05) is 26.0 Å². The van der Waals surface area contributed by atoms with Gasteiger partial charge in [0.05, 0.1) is 13.2 Å². The quantitative estimate of drug-likeness (QED) is 0.757. The zero-order valence-electron chi connectivity index (χ0n) is 8.59. The molecule has 0 spiro atoms. The summed E-state index contributed by atoms with van der Waals surface area (Å²) in [6.45, 7) is 5.72. The van der Waals surface area contributed by atoms with Crippen LogP contribution in [-0.2, 0) is 0 Å². The van der Waals surface area contributed by atoms with Gasteiger partial charge in [0.25, 0.3) is 0 Å². The van der Waals surface area contributed by atoms with Crippen molar-refractivity contribution >= 4 is 0 Å². The molecule has 1 atom stereocenters. The van der Waals surface area contributed by atoms with Crippen LogP contribution in [0.25, 0.3) is 0 Å². The fraction of sp³-hybridized carbons (Fsp3) is 0.455. The fourth-order valence-electron chi connectivity index (χ4n) is 1.61. The second-order valence-corrected chi connectivity index (χ2v) is 3.31. The van der Waals surface area contributed by atoms with Gasteiger partial charge in [-0.25, -0.2) is 0 Å². The molecular formula is C11H16O2. The Labute approximate surface area is 79.2 Å². The molecule has 2 nitrogen and oxygen atoms in total. The Morgan fingerprint density at radius 1 is 1.31 bits per heavy atom. The van der Waals surface area contributed by atoms with Gasteiger partial charge in [-0.3, -0.25) is 0 Å². The fourth-order valence-corrected chi connectivity index (χ4v) is 1.61. The van der Waals surface area contributed by atoms with Gasteiger partial charge in [-0.15, -0.1) is 0 Å². The third-order valence-corrected chi connectivity index (χ3v) is 2.30. The molecule has 0 aliphatic rings. The molecule has 1 N–H and O–H groups in total. The standard InChI is InChI=1S/C11H16O2/c1-7-5-6-10(9(3)12)8(2)11(7)13-4/h5-6,9,12H,1-4H3. The third-order valence-electron chi connectivity index (χ3n) is 2.30. The summed E-state index contributed by atoms with van der Waals surface area (Å²) >= 11 is 0. The van der Waals surface area contributed by atoms with E-state index in [9.17, 15) is 5.11 Å². The lowest BCUT2D eigenvalue weighted by Crippen LogP contribution is -1.99. The topological polar surface area (TPSA) is 29.5 Å². The average molecular weight is 180 g/mol. The highest BCUT2D eigenvalue weighted by Crippen LogP contribution is 2.28. The van der Waals surface area contributed by atoms with Crippen LogP contribution in [-0.4, -0.2) is 12.2 Å². The molecule has 0 amide bonds. The van der Waals surface area contributed by atoms with Gasteiger partial charge in [-0.2, -0.15) is 0 Å². The molecule has 72 valence electrons.